The number of hydrogen-bond donors (Lipinski definition) is 1. The van der Waals surface area contributed by atoms with Crippen molar-refractivity contribution in [3.8, 4) is 16.5 Å². The van der Waals surface area contributed by atoms with Crippen molar-refractivity contribution < 1.29 is 0 Å². The molecule has 80 valence electrons. The Bertz CT molecular complexity index is 565. The van der Waals surface area contributed by atoms with E-state index in [9.17, 15) is 0 Å². The molecule has 0 aliphatic carbocycles. The van der Waals surface area contributed by atoms with Crippen molar-refractivity contribution >= 4 is 17.2 Å². The molecule has 2 rings (SSSR count). The van der Waals surface area contributed by atoms with Gasteiger partial charge in [-0.2, -0.15) is 5.26 Å². The molecule has 2 aromatic rings. The Morgan fingerprint density at radius 2 is 2.19 bits per heavy atom. The number of nitrogens with two attached hydrogens (primary N) is 1. The summed E-state index contributed by atoms with van der Waals surface area (Å²) in [7, 11) is 0. The first kappa shape index (κ1) is 10.7. The molecule has 2 heterocycles. The van der Waals surface area contributed by atoms with Gasteiger partial charge in [-0.1, -0.05) is 6.07 Å². The molecule has 0 atom stereocenters. The van der Waals surface area contributed by atoms with Crippen LogP contribution in [0.25, 0.3) is 10.4 Å². The first-order chi connectivity index (χ1) is 7.65. The highest BCUT2D eigenvalue weighted by molar-refractivity contribution is 7.13. The summed E-state index contributed by atoms with van der Waals surface area (Å²) in [6, 6.07) is 6.10. The van der Waals surface area contributed by atoms with Crippen LogP contribution in [0.2, 0.25) is 0 Å². The zero-order valence-electron chi connectivity index (χ0n) is 9.11. The summed E-state index contributed by atoms with van der Waals surface area (Å²) < 4.78 is 0. The van der Waals surface area contributed by atoms with Gasteiger partial charge in [0.05, 0.1) is 0 Å². The summed E-state index contributed by atoms with van der Waals surface area (Å²) in [6.45, 7) is 3.88. The molecule has 0 aromatic carbocycles. The predicted octanol–water partition coefficient (Wildman–Crippen LogP) is 2.88. The predicted molar refractivity (Wildman–Crippen MR) is 66.2 cm³/mol. The van der Waals surface area contributed by atoms with Crippen molar-refractivity contribution in [1.29, 1.82) is 5.26 Å². The number of aryl methyl sites for hydroxylation is 1. The Hall–Kier alpha value is -1.86. The lowest BCUT2D eigenvalue weighted by atomic mass is 10.0. The van der Waals surface area contributed by atoms with Gasteiger partial charge in [-0.05, 0) is 30.9 Å². The van der Waals surface area contributed by atoms with Gasteiger partial charge in [-0.25, -0.2) is 4.98 Å². The van der Waals surface area contributed by atoms with Gasteiger partial charge in [0.1, 0.15) is 17.5 Å². The zero-order valence-corrected chi connectivity index (χ0v) is 9.93. The largest absolute Gasteiger partial charge is 0.383 e. The summed E-state index contributed by atoms with van der Waals surface area (Å²) in [6.07, 6.45) is 0. The smallest absolute Gasteiger partial charge is 0.142 e. The molecule has 0 fully saturated rings. The number of aromatic nitrogens is 1. The molecule has 0 unspecified atom stereocenters. The molecule has 0 saturated heterocycles. The van der Waals surface area contributed by atoms with Crippen LogP contribution in [-0.4, -0.2) is 4.98 Å². The van der Waals surface area contributed by atoms with Crippen molar-refractivity contribution in [1.82, 2.24) is 4.98 Å². The quantitative estimate of drug-likeness (QED) is 0.817. The summed E-state index contributed by atoms with van der Waals surface area (Å²) in [5.74, 6) is 0.314. The fraction of sp³-hybridized carbons (Fsp3) is 0.167. The van der Waals surface area contributed by atoms with Gasteiger partial charge < -0.3 is 5.73 Å². The molecule has 0 aliphatic rings. The normalized spacial score (nSPS) is 10.1. The van der Waals surface area contributed by atoms with E-state index in [2.05, 4.69) is 11.1 Å². The lowest BCUT2D eigenvalue weighted by Crippen LogP contribution is -2.02. The van der Waals surface area contributed by atoms with Gasteiger partial charge in [0.15, 0.2) is 0 Å². The van der Waals surface area contributed by atoms with Crippen LogP contribution in [0.15, 0.2) is 17.5 Å². The highest BCUT2D eigenvalue weighted by Crippen LogP contribution is 2.34. The van der Waals surface area contributed by atoms with Gasteiger partial charge in [0, 0.05) is 16.1 Å². The maximum Gasteiger partial charge on any atom is 0.142 e. The van der Waals surface area contributed by atoms with Crippen LogP contribution in [0.3, 0.4) is 0 Å². The minimum Gasteiger partial charge on any atom is -0.383 e. The van der Waals surface area contributed by atoms with Crippen LogP contribution >= 0.6 is 11.3 Å². The van der Waals surface area contributed by atoms with E-state index >= 15 is 0 Å². The molecule has 2 N–H and O–H groups in total. The van der Waals surface area contributed by atoms with Crippen molar-refractivity contribution in [2.45, 2.75) is 13.8 Å². The molecule has 0 radical (unpaired) electrons. The maximum absolute atomic E-state index is 9.15. The standard InChI is InChI=1S/C12H11N3S/c1-7-8(2)15-12(14)9(6-13)11(7)10-4-3-5-16-10/h3-5H,1-2H3,(H2,14,15). The Morgan fingerprint density at radius 3 is 2.75 bits per heavy atom. The van der Waals surface area contributed by atoms with Crippen molar-refractivity contribution in [2.24, 2.45) is 0 Å². The number of thiophene rings is 1. The summed E-state index contributed by atoms with van der Waals surface area (Å²) >= 11 is 1.60. The molecule has 16 heavy (non-hydrogen) atoms. The molecule has 0 amide bonds. The van der Waals surface area contributed by atoms with Gasteiger partial charge in [0.2, 0.25) is 0 Å². The fourth-order valence-electron chi connectivity index (χ4n) is 1.66. The van der Waals surface area contributed by atoms with E-state index in [1.807, 2.05) is 31.4 Å². The number of anilines is 1. The van der Waals surface area contributed by atoms with Crippen LogP contribution in [0.4, 0.5) is 5.82 Å². The van der Waals surface area contributed by atoms with Crippen LogP contribution in [0.5, 0.6) is 0 Å². The second kappa shape index (κ2) is 3.95. The highest BCUT2D eigenvalue weighted by atomic mass is 32.1. The van der Waals surface area contributed by atoms with E-state index in [1.165, 1.54) is 0 Å². The number of nitrogens with zero attached hydrogens (tertiary/aromatic N) is 2. The van der Waals surface area contributed by atoms with Crippen molar-refractivity contribution in [3.63, 3.8) is 0 Å². The topological polar surface area (TPSA) is 62.7 Å². The summed E-state index contributed by atoms with van der Waals surface area (Å²) in [5.41, 5.74) is 9.07. The molecular formula is C12H11N3S. The van der Waals surface area contributed by atoms with Gasteiger partial charge >= 0.3 is 0 Å². The van der Waals surface area contributed by atoms with Crippen LogP contribution < -0.4 is 5.73 Å². The van der Waals surface area contributed by atoms with Crippen LogP contribution in [0.1, 0.15) is 16.8 Å². The first-order valence-electron chi connectivity index (χ1n) is 4.85. The van der Waals surface area contributed by atoms with Crippen molar-refractivity contribution in [2.75, 3.05) is 5.73 Å². The third-order valence-electron chi connectivity index (χ3n) is 2.59. The lowest BCUT2D eigenvalue weighted by molar-refractivity contribution is 1.15. The molecule has 0 bridgehead atoms. The highest BCUT2D eigenvalue weighted by Gasteiger charge is 2.15. The molecule has 2 aromatic heterocycles. The van der Waals surface area contributed by atoms with Crippen LogP contribution in [0, 0.1) is 25.2 Å². The first-order valence-corrected chi connectivity index (χ1v) is 5.73. The average molecular weight is 229 g/mol. The molecular weight excluding hydrogens is 218 g/mol. The number of rotatable bonds is 1. The Morgan fingerprint density at radius 1 is 1.44 bits per heavy atom. The van der Waals surface area contributed by atoms with E-state index in [4.69, 9.17) is 11.0 Å². The van der Waals surface area contributed by atoms with E-state index in [1.54, 1.807) is 11.3 Å². The summed E-state index contributed by atoms with van der Waals surface area (Å²) in [4.78, 5) is 5.24. The van der Waals surface area contributed by atoms with Crippen molar-refractivity contribution in [3.05, 3.63) is 34.3 Å². The monoisotopic (exact) mass is 229 g/mol. The van der Waals surface area contributed by atoms with Gasteiger partial charge in [0.25, 0.3) is 0 Å². The zero-order chi connectivity index (χ0) is 11.7. The number of nitriles is 1. The minimum absolute atomic E-state index is 0.314. The van der Waals surface area contributed by atoms with Crippen LogP contribution in [-0.2, 0) is 0 Å². The molecule has 3 nitrogen and oxygen atoms in total. The number of hydrogen-bond acceptors (Lipinski definition) is 4. The Labute approximate surface area is 98.2 Å². The Balaban J connectivity index is 2.82. The third kappa shape index (κ3) is 1.55. The molecule has 0 saturated carbocycles. The lowest BCUT2D eigenvalue weighted by Gasteiger charge is -2.10. The molecule has 0 spiro atoms. The van der Waals surface area contributed by atoms with Gasteiger partial charge in [-0.3, -0.25) is 0 Å². The van der Waals surface area contributed by atoms with E-state index in [0.717, 1.165) is 21.7 Å². The molecule has 4 heteroatoms. The SMILES string of the molecule is Cc1nc(N)c(C#N)c(-c2cccs2)c1C. The number of nitrogen functional groups attached to an aromatic ring is 1. The van der Waals surface area contributed by atoms with E-state index < -0.39 is 0 Å². The minimum atomic E-state index is 0.314. The maximum atomic E-state index is 9.15. The van der Waals surface area contributed by atoms with E-state index in [-0.39, 0.29) is 0 Å². The van der Waals surface area contributed by atoms with Gasteiger partial charge in [-0.15, -0.1) is 11.3 Å². The second-order valence-electron chi connectivity index (χ2n) is 3.55. The second-order valence-corrected chi connectivity index (χ2v) is 4.49. The fourth-order valence-corrected chi connectivity index (χ4v) is 2.49. The summed E-state index contributed by atoms with van der Waals surface area (Å²) in [5, 5.41) is 11.1. The average Bonchev–Trinajstić information content (AvgIpc) is 2.76. The Kier molecular flexibility index (Phi) is 2.63. The third-order valence-corrected chi connectivity index (χ3v) is 3.48. The number of pyridine rings is 1. The van der Waals surface area contributed by atoms with E-state index in [0.29, 0.717) is 11.4 Å². The molecule has 0 aliphatic heterocycles.